The van der Waals surface area contributed by atoms with E-state index in [0.717, 1.165) is 6.42 Å². The van der Waals surface area contributed by atoms with Gasteiger partial charge in [0.25, 0.3) is 0 Å². The molecule has 0 spiro atoms. The van der Waals surface area contributed by atoms with E-state index in [1.807, 2.05) is 0 Å². The summed E-state index contributed by atoms with van der Waals surface area (Å²) in [7, 11) is 0. The Labute approximate surface area is 76.1 Å². The molecule has 0 radical (unpaired) electrons. The Morgan fingerprint density at radius 2 is 1.92 bits per heavy atom. The van der Waals surface area contributed by atoms with Crippen LogP contribution in [-0.4, -0.2) is 30.6 Å². The molecular formula is C10H22N2. The van der Waals surface area contributed by atoms with E-state index in [1.54, 1.807) is 0 Å². The first kappa shape index (κ1) is 10.0. The van der Waals surface area contributed by atoms with Crippen LogP contribution in [0.1, 0.15) is 39.0 Å². The van der Waals surface area contributed by atoms with Crippen molar-refractivity contribution in [2.24, 2.45) is 5.73 Å². The van der Waals surface area contributed by atoms with E-state index in [1.165, 1.54) is 45.3 Å². The van der Waals surface area contributed by atoms with E-state index in [2.05, 4.69) is 11.8 Å². The van der Waals surface area contributed by atoms with Crippen LogP contribution < -0.4 is 5.73 Å². The number of hydrogen-bond donors (Lipinski definition) is 1. The lowest BCUT2D eigenvalue weighted by molar-refractivity contribution is 0.220. The second kappa shape index (κ2) is 5.55. The maximum absolute atomic E-state index is 5.86. The molecule has 0 aliphatic carbocycles. The predicted molar refractivity (Wildman–Crippen MR) is 53.2 cm³/mol. The van der Waals surface area contributed by atoms with Gasteiger partial charge >= 0.3 is 0 Å². The highest BCUT2D eigenvalue weighted by atomic mass is 15.1. The van der Waals surface area contributed by atoms with Crippen molar-refractivity contribution in [1.82, 2.24) is 4.90 Å². The van der Waals surface area contributed by atoms with E-state index >= 15 is 0 Å². The Morgan fingerprint density at radius 3 is 2.50 bits per heavy atom. The first-order chi connectivity index (χ1) is 5.83. The zero-order chi connectivity index (χ0) is 8.81. The molecule has 1 aliphatic heterocycles. The summed E-state index contributed by atoms with van der Waals surface area (Å²) in [6, 6.07) is 0.423. The molecule has 1 unspecified atom stereocenters. The number of piperidine rings is 1. The molecule has 1 heterocycles. The van der Waals surface area contributed by atoms with Gasteiger partial charge in [-0.25, -0.2) is 0 Å². The van der Waals surface area contributed by atoms with Gasteiger partial charge in [-0.3, -0.25) is 0 Å². The third-order valence-electron chi connectivity index (χ3n) is 2.79. The minimum Gasteiger partial charge on any atom is -0.328 e. The topological polar surface area (TPSA) is 29.3 Å². The van der Waals surface area contributed by atoms with Crippen LogP contribution in [0, 0.1) is 0 Å². The van der Waals surface area contributed by atoms with Crippen molar-refractivity contribution in [1.29, 1.82) is 0 Å². The Hall–Kier alpha value is -0.0800. The largest absolute Gasteiger partial charge is 0.328 e. The summed E-state index contributed by atoms with van der Waals surface area (Å²) in [6.07, 6.45) is 6.50. The zero-order valence-electron chi connectivity index (χ0n) is 8.26. The van der Waals surface area contributed by atoms with Crippen molar-refractivity contribution in [2.75, 3.05) is 19.6 Å². The molecule has 0 bridgehead atoms. The molecule has 72 valence electrons. The van der Waals surface area contributed by atoms with Crippen molar-refractivity contribution < 1.29 is 0 Å². The fraction of sp³-hybridized carbons (Fsp3) is 1.00. The maximum atomic E-state index is 5.86. The molecule has 1 atom stereocenters. The van der Waals surface area contributed by atoms with Crippen molar-refractivity contribution >= 4 is 0 Å². The molecule has 2 heteroatoms. The van der Waals surface area contributed by atoms with Gasteiger partial charge in [0.1, 0.15) is 0 Å². The number of nitrogens with two attached hydrogens (primary N) is 1. The van der Waals surface area contributed by atoms with E-state index in [0.29, 0.717) is 6.04 Å². The average Bonchev–Trinajstić information content (AvgIpc) is 2.16. The van der Waals surface area contributed by atoms with Crippen LogP contribution in [0.4, 0.5) is 0 Å². The summed E-state index contributed by atoms with van der Waals surface area (Å²) in [5.74, 6) is 0. The molecule has 1 saturated heterocycles. The molecule has 0 saturated carbocycles. The van der Waals surface area contributed by atoms with E-state index in [9.17, 15) is 0 Å². The Morgan fingerprint density at radius 1 is 1.25 bits per heavy atom. The molecule has 0 aromatic carbocycles. The summed E-state index contributed by atoms with van der Waals surface area (Å²) in [6.45, 7) is 5.99. The lowest BCUT2D eigenvalue weighted by Crippen LogP contribution is -2.34. The van der Waals surface area contributed by atoms with Crippen LogP contribution in [0.3, 0.4) is 0 Å². The Kier molecular flexibility index (Phi) is 4.62. The number of likely N-dealkylation sites (tertiary alicyclic amines) is 1. The van der Waals surface area contributed by atoms with Gasteiger partial charge in [-0.15, -0.1) is 0 Å². The monoisotopic (exact) mass is 170 g/mol. The van der Waals surface area contributed by atoms with E-state index < -0.39 is 0 Å². The average molecular weight is 170 g/mol. The van der Waals surface area contributed by atoms with Crippen molar-refractivity contribution in [3.8, 4) is 0 Å². The summed E-state index contributed by atoms with van der Waals surface area (Å²) < 4.78 is 0. The number of hydrogen-bond acceptors (Lipinski definition) is 2. The summed E-state index contributed by atoms with van der Waals surface area (Å²) in [5, 5.41) is 0. The number of nitrogens with zero attached hydrogens (tertiary/aromatic N) is 1. The van der Waals surface area contributed by atoms with Crippen LogP contribution >= 0.6 is 0 Å². The predicted octanol–water partition coefficient (Wildman–Crippen LogP) is 1.60. The molecule has 12 heavy (non-hydrogen) atoms. The van der Waals surface area contributed by atoms with Gasteiger partial charge in [0.2, 0.25) is 0 Å². The lowest BCUT2D eigenvalue weighted by atomic mass is 10.1. The zero-order valence-corrected chi connectivity index (χ0v) is 8.26. The fourth-order valence-electron chi connectivity index (χ4n) is 1.74. The molecule has 1 aliphatic rings. The molecule has 0 aromatic rings. The van der Waals surface area contributed by atoms with Gasteiger partial charge < -0.3 is 10.6 Å². The van der Waals surface area contributed by atoms with Crippen LogP contribution in [0.5, 0.6) is 0 Å². The van der Waals surface area contributed by atoms with Crippen molar-refractivity contribution in [2.45, 2.75) is 45.1 Å². The summed E-state index contributed by atoms with van der Waals surface area (Å²) in [5.41, 5.74) is 5.86. The minimum atomic E-state index is 0.423. The van der Waals surface area contributed by atoms with Crippen LogP contribution in [-0.2, 0) is 0 Å². The van der Waals surface area contributed by atoms with Gasteiger partial charge in [-0.1, -0.05) is 13.3 Å². The second-order valence-corrected chi connectivity index (χ2v) is 3.86. The summed E-state index contributed by atoms with van der Waals surface area (Å²) in [4.78, 5) is 2.55. The molecule has 0 aromatic heterocycles. The van der Waals surface area contributed by atoms with Crippen LogP contribution in [0.2, 0.25) is 0 Å². The van der Waals surface area contributed by atoms with Gasteiger partial charge in [-0.2, -0.15) is 0 Å². The van der Waals surface area contributed by atoms with Gasteiger partial charge in [0, 0.05) is 6.04 Å². The third kappa shape index (κ3) is 3.55. The highest BCUT2D eigenvalue weighted by Gasteiger charge is 2.10. The maximum Gasteiger partial charge on any atom is 0.00483 e. The van der Waals surface area contributed by atoms with Crippen LogP contribution in [0.15, 0.2) is 0 Å². The standard InChI is InChI=1S/C10H22N2/c1-2-10(11)6-9-12-7-4-3-5-8-12/h10H,2-9,11H2,1H3. The second-order valence-electron chi connectivity index (χ2n) is 3.86. The Bertz CT molecular complexity index is 108. The third-order valence-corrected chi connectivity index (χ3v) is 2.79. The minimum absolute atomic E-state index is 0.423. The quantitative estimate of drug-likeness (QED) is 0.694. The first-order valence-electron chi connectivity index (χ1n) is 5.31. The normalized spacial score (nSPS) is 22.5. The molecule has 0 amide bonds. The van der Waals surface area contributed by atoms with E-state index in [-0.39, 0.29) is 0 Å². The van der Waals surface area contributed by atoms with Crippen molar-refractivity contribution in [3.63, 3.8) is 0 Å². The Balaban J connectivity index is 2.05. The molecule has 2 N–H and O–H groups in total. The molecule has 1 fully saturated rings. The smallest absolute Gasteiger partial charge is 0.00483 e. The molecule has 2 nitrogen and oxygen atoms in total. The SMILES string of the molecule is CCC(N)CCN1CCCCC1. The fourth-order valence-corrected chi connectivity index (χ4v) is 1.74. The summed E-state index contributed by atoms with van der Waals surface area (Å²) >= 11 is 0. The van der Waals surface area contributed by atoms with Crippen LogP contribution in [0.25, 0.3) is 0 Å². The van der Waals surface area contributed by atoms with E-state index in [4.69, 9.17) is 5.73 Å². The lowest BCUT2D eigenvalue weighted by Gasteiger charge is -2.27. The van der Waals surface area contributed by atoms with Crippen molar-refractivity contribution in [3.05, 3.63) is 0 Å². The molecular weight excluding hydrogens is 148 g/mol. The van der Waals surface area contributed by atoms with Gasteiger partial charge in [0.05, 0.1) is 0 Å². The highest BCUT2D eigenvalue weighted by Crippen LogP contribution is 2.09. The van der Waals surface area contributed by atoms with Gasteiger partial charge in [-0.05, 0) is 45.3 Å². The molecule has 1 rings (SSSR count). The van der Waals surface area contributed by atoms with Gasteiger partial charge in [0.15, 0.2) is 0 Å². The first-order valence-corrected chi connectivity index (χ1v) is 5.31. The highest BCUT2D eigenvalue weighted by molar-refractivity contribution is 4.67. The number of rotatable bonds is 4.